The first-order valence-electron chi connectivity index (χ1n) is 6.13. The molecule has 1 aliphatic rings. The van der Waals surface area contributed by atoms with Crippen molar-refractivity contribution in [2.75, 3.05) is 14.2 Å². The smallest absolute Gasteiger partial charge is 0.331 e. The summed E-state index contributed by atoms with van der Waals surface area (Å²) in [6.45, 7) is 2.93. The third-order valence-electron chi connectivity index (χ3n) is 3.16. The van der Waals surface area contributed by atoms with Gasteiger partial charge in [0.15, 0.2) is 6.10 Å². The number of carbonyl (C=O) groups is 1. The summed E-state index contributed by atoms with van der Waals surface area (Å²) in [4.78, 5) is 15.6. The van der Waals surface area contributed by atoms with Crippen molar-refractivity contribution in [3.63, 3.8) is 0 Å². The van der Waals surface area contributed by atoms with Crippen LogP contribution in [0.25, 0.3) is 0 Å². The molecule has 0 N–H and O–H groups in total. The first-order valence-corrected chi connectivity index (χ1v) is 6.13. The minimum Gasteiger partial charge on any atom is -0.453 e. The van der Waals surface area contributed by atoms with E-state index in [0.29, 0.717) is 11.5 Å². The summed E-state index contributed by atoms with van der Waals surface area (Å²) in [5.41, 5.74) is 1.22. The Morgan fingerprint density at radius 2 is 2.00 bits per heavy atom. The van der Waals surface area contributed by atoms with Gasteiger partial charge in [-0.05, 0) is 13.0 Å². The first-order chi connectivity index (χ1) is 9.55. The van der Waals surface area contributed by atoms with E-state index in [-0.39, 0.29) is 0 Å². The standard InChI is InChI=1S/C14H17NO5/c1-9(15-20-10(2)16)14(18-4)13(17-3)11-7-5-6-8-12(11)19-14/h5-8,13H,1-4H3/t13-,14+/m1/s1. The molecular formula is C14H17NO5. The van der Waals surface area contributed by atoms with Crippen LogP contribution in [-0.4, -0.2) is 31.7 Å². The number of oxime groups is 1. The van der Waals surface area contributed by atoms with Crippen LogP contribution in [0.4, 0.5) is 0 Å². The Kier molecular flexibility index (Phi) is 4.06. The molecule has 0 spiro atoms. The Hall–Kier alpha value is -1.92. The molecule has 6 heteroatoms. The molecule has 1 aliphatic heterocycles. The molecule has 2 atom stereocenters. The Bertz CT molecular complexity index is 542. The molecular weight excluding hydrogens is 262 g/mol. The van der Waals surface area contributed by atoms with E-state index in [9.17, 15) is 4.79 Å². The Morgan fingerprint density at radius 3 is 2.60 bits per heavy atom. The molecule has 0 amide bonds. The highest BCUT2D eigenvalue weighted by molar-refractivity contribution is 5.91. The summed E-state index contributed by atoms with van der Waals surface area (Å²) in [6.07, 6.45) is -0.497. The number of para-hydroxylation sites is 1. The van der Waals surface area contributed by atoms with Gasteiger partial charge in [-0.15, -0.1) is 0 Å². The summed E-state index contributed by atoms with van der Waals surface area (Å²) in [6, 6.07) is 7.46. The zero-order valence-corrected chi connectivity index (χ0v) is 11.9. The molecule has 108 valence electrons. The zero-order valence-electron chi connectivity index (χ0n) is 11.9. The van der Waals surface area contributed by atoms with Crippen molar-refractivity contribution in [1.82, 2.24) is 0 Å². The van der Waals surface area contributed by atoms with Gasteiger partial charge in [0.1, 0.15) is 11.5 Å². The molecule has 0 aliphatic carbocycles. The van der Waals surface area contributed by atoms with Crippen LogP contribution in [-0.2, 0) is 19.1 Å². The molecule has 1 aromatic carbocycles. The number of methoxy groups -OCH3 is 2. The molecule has 6 nitrogen and oxygen atoms in total. The summed E-state index contributed by atoms with van der Waals surface area (Å²) in [5.74, 6) is -1.10. The van der Waals surface area contributed by atoms with Gasteiger partial charge in [0.25, 0.3) is 5.79 Å². The van der Waals surface area contributed by atoms with E-state index in [1.54, 1.807) is 14.0 Å². The molecule has 20 heavy (non-hydrogen) atoms. The van der Waals surface area contributed by atoms with Gasteiger partial charge in [-0.3, -0.25) is 0 Å². The van der Waals surface area contributed by atoms with E-state index in [1.807, 2.05) is 24.3 Å². The topological polar surface area (TPSA) is 66.3 Å². The molecule has 0 fully saturated rings. The average molecular weight is 279 g/mol. The number of fused-ring (bicyclic) bond motifs is 1. The van der Waals surface area contributed by atoms with Crippen LogP contribution in [0.5, 0.6) is 5.75 Å². The van der Waals surface area contributed by atoms with Crippen molar-refractivity contribution in [2.24, 2.45) is 5.16 Å². The summed E-state index contributed by atoms with van der Waals surface area (Å²) >= 11 is 0. The SMILES string of the molecule is CO[C@@H]1c2ccccc2O[C@@]1(OC)C(C)=NOC(C)=O. The minimum absolute atomic E-state index is 0.359. The van der Waals surface area contributed by atoms with E-state index in [4.69, 9.17) is 14.2 Å². The fourth-order valence-corrected chi connectivity index (χ4v) is 2.25. The lowest BCUT2D eigenvalue weighted by molar-refractivity contribution is -0.170. The van der Waals surface area contributed by atoms with E-state index in [2.05, 4.69) is 9.99 Å². The Balaban J connectivity index is 2.42. The normalized spacial score (nSPS) is 25.0. The maximum Gasteiger partial charge on any atom is 0.331 e. The Morgan fingerprint density at radius 1 is 1.30 bits per heavy atom. The second-order valence-corrected chi connectivity index (χ2v) is 4.39. The number of rotatable bonds is 4. The van der Waals surface area contributed by atoms with Crippen LogP contribution >= 0.6 is 0 Å². The summed E-state index contributed by atoms with van der Waals surface area (Å²) < 4.78 is 16.9. The van der Waals surface area contributed by atoms with Crippen molar-refractivity contribution in [3.8, 4) is 5.75 Å². The molecule has 0 saturated heterocycles. The molecule has 0 bridgehead atoms. The van der Waals surface area contributed by atoms with Crippen LogP contribution in [0.2, 0.25) is 0 Å². The van der Waals surface area contributed by atoms with Crippen LogP contribution in [0.3, 0.4) is 0 Å². The lowest BCUT2D eigenvalue weighted by Crippen LogP contribution is -2.47. The molecule has 0 aromatic heterocycles. The quantitative estimate of drug-likeness (QED) is 0.479. The van der Waals surface area contributed by atoms with Crippen molar-refractivity contribution >= 4 is 11.7 Å². The molecule has 1 heterocycles. The molecule has 1 aromatic rings. The van der Waals surface area contributed by atoms with Gasteiger partial charge in [-0.25, -0.2) is 4.79 Å². The van der Waals surface area contributed by atoms with Crippen molar-refractivity contribution in [1.29, 1.82) is 0 Å². The van der Waals surface area contributed by atoms with Crippen LogP contribution in [0, 0.1) is 0 Å². The number of benzene rings is 1. The van der Waals surface area contributed by atoms with E-state index in [1.165, 1.54) is 14.0 Å². The number of carbonyl (C=O) groups excluding carboxylic acids is 1. The second kappa shape index (κ2) is 5.60. The number of hydrogen-bond donors (Lipinski definition) is 0. The van der Waals surface area contributed by atoms with E-state index < -0.39 is 17.9 Å². The number of hydrogen-bond acceptors (Lipinski definition) is 6. The minimum atomic E-state index is -1.24. The van der Waals surface area contributed by atoms with Crippen molar-refractivity contribution < 1.29 is 23.8 Å². The fourth-order valence-electron chi connectivity index (χ4n) is 2.25. The largest absolute Gasteiger partial charge is 0.453 e. The lowest BCUT2D eigenvalue weighted by Gasteiger charge is -2.31. The van der Waals surface area contributed by atoms with Gasteiger partial charge in [0.05, 0.1) is 0 Å². The summed E-state index contributed by atoms with van der Waals surface area (Å²) in [7, 11) is 3.05. The summed E-state index contributed by atoms with van der Waals surface area (Å²) in [5, 5.41) is 3.77. The molecule has 0 unspecified atom stereocenters. The first kappa shape index (κ1) is 14.5. The molecule has 2 rings (SSSR count). The maximum absolute atomic E-state index is 10.9. The van der Waals surface area contributed by atoms with Crippen LogP contribution in [0.1, 0.15) is 25.5 Å². The van der Waals surface area contributed by atoms with E-state index >= 15 is 0 Å². The van der Waals surface area contributed by atoms with Gasteiger partial charge in [-0.1, -0.05) is 23.4 Å². The number of nitrogens with zero attached hydrogens (tertiary/aromatic N) is 1. The predicted octanol–water partition coefficient (Wildman–Crippen LogP) is 2.05. The van der Waals surface area contributed by atoms with Gasteiger partial charge >= 0.3 is 5.97 Å². The number of ether oxygens (including phenoxy) is 3. The highest BCUT2D eigenvalue weighted by Gasteiger charge is 2.53. The second-order valence-electron chi connectivity index (χ2n) is 4.39. The van der Waals surface area contributed by atoms with Gasteiger partial charge in [-0.2, -0.15) is 0 Å². The third-order valence-corrected chi connectivity index (χ3v) is 3.16. The average Bonchev–Trinajstić information content (AvgIpc) is 2.79. The fraction of sp³-hybridized carbons (Fsp3) is 0.429. The lowest BCUT2D eigenvalue weighted by atomic mass is 10.0. The van der Waals surface area contributed by atoms with Gasteiger partial charge in [0, 0.05) is 26.7 Å². The van der Waals surface area contributed by atoms with Crippen LogP contribution in [0.15, 0.2) is 29.4 Å². The van der Waals surface area contributed by atoms with Crippen molar-refractivity contribution in [2.45, 2.75) is 25.7 Å². The van der Waals surface area contributed by atoms with Gasteiger partial charge in [0.2, 0.25) is 0 Å². The van der Waals surface area contributed by atoms with E-state index in [0.717, 1.165) is 5.56 Å². The molecule has 0 saturated carbocycles. The maximum atomic E-state index is 10.9. The zero-order chi connectivity index (χ0) is 14.8. The highest BCUT2D eigenvalue weighted by atomic mass is 16.7. The van der Waals surface area contributed by atoms with Crippen LogP contribution < -0.4 is 4.74 Å². The molecule has 0 radical (unpaired) electrons. The Labute approximate surface area is 117 Å². The predicted molar refractivity (Wildman–Crippen MR) is 71.4 cm³/mol. The van der Waals surface area contributed by atoms with Gasteiger partial charge < -0.3 is 19.0 Å². The highest BCUT2D eigenvalue weighted by Crippen LogP contribution is 2.46. The monoisotopic (exact) mass is 279 g/mol. The van der Waals surface area contributed by atoms with Crippen molar-refractivity contribution in [3.05, 3.63) is 29.8 Å². The third kappa shape index (κ3) is 2.28.